The molecule has 1 rings (SSSR count). The molecule has 1 unspecified atom stereocenters. The van der Waals surface area contributed by atoms with Crippen molar-refractivity contribution < 1.29 is 14.7 Å². The van der Waals surface area contributed by atoms with E-state index >= 15 is 0 Å². The van der Waals surface area contributed by atoms with Gasteiger partial charge >= 0.3 is 12.0 Å². The van der Waals surface area contributed by atoms with Gasteiger partial charge in [-0.05, 0) is 30.1 Å². The summed E-state index contributed by atoms with van der Waals surface area (Å²) in [5, 5.41) is 12.0. The number of nitrogens with one attached hydrogen (secondary N) is 1. The van der Waals surface area contributed by atoms with E-state index in [2.05, 4.69) is 33.0 Å². The molecular weight excluding hydrogens is 268 g/mol. The molecule has 0 aliphatic heterocycles. The average Bonchev–Trinajstić information content (AvgIpc) is 2.23. The molecule has 5 heteroatoms. The fraction of sp³-hybridized carbons (Fsp3) is 0.875. The molecule has 0 spiro atoms. The number of carboxylic acids is 1. The zero-order chi connectivity index (χ0) is 16.4. The van der Waals surface area contributed by atoms with Crippen LogP contribution in [0, 0.1) is 16.7 Å². The Balaban J connectivity index is 2.59. The Morgan fingerprint density at radius 2 is 1.71 bits per heavy atom. The lowest BCUT2D eigenvalue weighted by atomic mass is 9.63. The molecule has 0 saturated heterocycles. The fourth-order valence-electron chi connectivity index (χ4n) is 3.80. The number of hydrogen-bond acceptors (Lipinski definition) is 2. The molecule has 1 fully saturated rings. The minimum atomic E-state index is -0.880. The van der Waals surface area contributed by atoms with Crippen LogP contribution in [0.25, 0.3) is 0 Å². The summed E-state index contributed by atoms with van der Waals surface area (Å²) in [6, 6.07) is -0.0274. The second-order valence-electron chi connectivity index (χ2n) is 8.18. The van der Waals surface area contributed by atoms with Crippen molar-refractivity contribution in [1.29, 1.82) is 0 Å². The van der Waals surface area contributed by atoms with Gasteiger partial charge in [-0.2, -0.15) is 0 Å². The topological polar surface area (TPSA) is 69.6 Å². The highest BCUT2D eigenvalue weighted by Crippen LogP contribution is 2.45. The third-order valence-electron chi connectivity index (χ3n) is 4.20. The van der Waals surface area contributed by atoms with E-state index in [1.54, 1.807) is 14.0 Å². The summed E-state index contributed by atoms with van der Waals surface area (Å²) >= 11 is 0. The van der Waals surface area contributed by atoms with Crippen LogP contribution in [0.5, 0.6) is 0 Å². The van der Waals surface area contributed by atoms with E-state index in [1.165, 1.54) is 4.90 Å². The second-order valence-corrected chi connectivity index (χ2v) is 8.18. The van der Waals surface area contributed by atoms with Crippen molar-refractivity contribution in [2.24, 2.45) is 16.7 Å². The Morgan fingerprint density at radius 3 is 2.14 bits per heavy atom. The number of amides is 2. The van der Waals surface area contributed by atoms with Crippen LogP contribution in [0.4, 0.5) is 4.79 Å². The van der Waals surface area contributed by atoms with Gasteiger partial charge in [0.15, 0.2) is 0 Å². The van der Waals surface area contributed by atoms with Crippen LogP contribution in [-0.4, -0.2) is 41.6 Å². The molecule has 2 N–H and O–H groups in total. The molecule has 21 heavy (non-hydrogen) atoms. The quantitative estimate of drug-likeness (QED) is 0.838. The van der Waals surface area contributed by atoms with Gasteiger partial charge in [0.05, 0.1) is 5.92 Å². The van der Waals surface area contributed by atoms with E-state index in [1.807, 2.05) is 0 Å². The first kappa shape index (κ1) is 17.8. The second kappa shape index (κ2) is 6.24. The number of rotatable bonds is 4. The third kappa shape index (κ3) is 5.56. The molecule has 5 nitrogen and oxygen atoms in total. The van der Waals surface area contributed by atoms with Gasteiger partial charge in [0.1, 0.15) is 0 Å². The summed E-state index contributed by atoms with van der Waals surface area (Å²) in [5.41, 5.74) is 0.430. The van der Waals surface area contributed by atoms with Gasteiger partial charge in [-0.15, -0.1) is 0 Å². The molecule has 0 bridgehead atoms. The fourth-order valence-corrected chi connectivity index (χ4v) is 3.80. The number of urea groups is 1. The highest BCUT2D eigenvalue weighted by atomic mass is 16.4. The van der Waals surface area contributed by atoms with Gasteiger partial charge in [-0.3, -0.25) is 4.79 Å². The maximum atomic E-state index is 12.2. The Hall–Kier alpha value is -1.26. The Labute approximate surface area is 128 Å². The van der Waals surface area contributed by atoms with Gasteiger partial charge in [0.2, 0.25) is 0 Å². The number of carbonyl (C=O) groups is 2. The van der Waals surface area contributed by atoms with Gasteiger partial charge in [0, 0.05) is 19.6 Å². The molecule has 0 aromatic heterocycles. The zero-order valence-electron chi connectivity index (χ0n) is 14.2. The minimum Gasteiger partial charge on any atom is -0.481 e. The molecule has 122 valence electrons. The first-order valence-electron chi connectivity index (χ1n) is 7.66. The first-order valence-corrected chi connectivity index (χ1v) is 7.66. The van der Waals surface area contributed by atoms with Crippen molar-refractivity contribution in [3.8, 4) is 0 Å². The van der Waals surface area contributed by atoms with Crippen molar-refractivity contribution >= 4 is 12.0 Å². The molecule has 1 aliphatic carbocycles. The van der Waals surface area contributed by atoms with Gasteiger partial charge in [-0.25, -0.2) is 4.79 Å². The minimum absolute atomic E-state index is 0.152. The Kier molecular flexibility index (Phi) is 5.29. The molecule has 0 heterocycles. The summed E-state index contributed by atoms with van der Waals surface area (Å²) in [6.07, 6.45) is 3.08. The lowest BCUT2D eigenvalue weighted by molar-refractivity contribution is -0.141. The van der Waals surface area contributed by atoms with Crippen LogP contribution < -0.4 is 5.32 Å². The summed E-state index contributed by atoms with van der Waals surface area (Å²) in [7, 11) is 1.65. The van der Waals surface area contributed by atoms with Crippen molar-refractivity contribution in [2.75, 3.05) is 13.6 Å². The predicted octanol–water partition coefficient (Wildman–Crippen LogP) is 2.95. The van der Waals surface area contributed by atoms with E-state index < -0.39 is 11.9 Å². The van der Waals surface area contributed by atoms with Gasteiger partial charge in [0.25, 0.3) is 0 Å². The summed E-state index contributed by atoms with van der Waals surface area (Å²) in [6.45, 7) is 10.8. The van der Waals surface area contributed by atoms with Crippen molar-refractivity contribution in [2.45, 2.75) is 59.9 Å². The smallest absolute Gasteiger partial charge is 0.317 e. The monoisotopic (exact) mass is 298 g/mol. The molecule has 1 saturated carbocycles. The maximum absolute atomic E-state index is 12.2. The maximum Gasteiger partial charge on any atom is 0.317 e. The molecule has 0 radical (unpaired) electrons. The summed E-state index contributed by atoms with van der Waals surface area (Å²) < 4.78 is 0. The SMILES string of the molecule is CC(CN(C)C(=O)NC1CC(C)(C)CC(C)(C)C1)C(=O)O. The van der Waals surface area contributed by atoms with Crippen LogP contribution in [0.1, 0.15) is 53.9 Å². The molecular formula is C16H30N2O3. The van der Waals surface area contributed by atoms with Crippen LogP contribution in [-0.2, 0) is 4.79 Å². The van der Waals surface area contributed by atoms with Crippen LogP contribution >= 0.6 is 0 Å². The molecule has 0 aromatic rings. The normalized spacial score (nSPS) is 22.4. The van der Waals surface area contributed by atoms with Crippen LogP contribution in [0.2, 0.25) is 0 Å². The third-order valence-corrected chi connectivity index (χ3v) is 4.20. The lowest BCUT2D eigenvalue weighted by Crippen LogP contribution is -2.50. The standard InChI is InChI=1S/C16H30N2O3/c1-11(13(19)20)9-18(6)14(21)17-12-7-15(2,3)10-16(4,5)8-12/h11-12H,7-10H2,1-6H3,(H,17,21)(H,19,20). The summed E-state index contributed by atoms with van der Waals surface area (Å²) in [5.74, 6) is -1.44. The van der Waals surface area contributed by atoms with E-state index in [-0.39, 0.29) is 29.4 Å². The molecule has 2 amide bonds. The summed E-state index contributed by atoms with van der Waals surface area (Å²) in [4.78, 5) is 24.5. The Morgan fingerprint density at radius 1 is 1.24 bits per heavy atom. The number of carboxylic acid groups (broad SMARTS) is 1. The zero-order valence-corrected chi connectivity index (χ0v) is 14.2. The highest BCUT2D eigenvalue weighted by molar-refractivity contribution is 5.76. The highest BCUT2D eigenvalue weighted by Gasteiger charge is 2.39. The van der Waals surface area contributed by atoms with Crippen molar-refractivity contribution in [1.82, 2.24) is 10.2 Å². The van der Waals surface area contributed by atoms with E-state index in [0.29, 0.717) is 0 Å². The number of nitrogens with zero attached hydrogens (tertiary/aromatic N) is 1. The van der Waals surface area contributed by atoms with E-state index in [0.717, 1.165) is 19.3 Å². The first-order chi connectivity index (χ1) is 9.42. The van der Waals surface area contributed by atoms with Crippen LogP contribution in [0.3, 0.4) is 0 Å². The molecule has 0 aromatic carbocycles. The molecule has 1 aliphatic rings. The lowest BCUT2D eigenvalue weighted by Gasteiger charge is -2.45. The van der Waals surface area contributed by atoms with Crippen LogP contribution in [0.15, 0.2) is 0 Å². The number of carbonyl (C=O) groups excluding carboxylic acids is 1. The largest absolute Gasteiger partial charge is 0.481 e. The van der Waals surface area contributed by atoms with Crippen molar-refractivity contribution in [3.05, 3.63) is 0 Å². The molecule has 1 atom stereocenters. The van der Waals surface area contributed by atoms with Crippen molar-refractivity contribution in [3.63, 3.8) is 0 Å². The predicted molar refractivity (Wildman–Crippen MR) is 83.2 cm³/mol. The number of hydrogen-bond donors (Lipinski definition) is 2. The number of aliphatic carboxylic acids is 1. The Bertz CT molecular complexity index is 388. The van der Waals surface area contributed by atoms with Gasteiger partial charge in [-0.1, -0.05) is 34.6 Å². The van der Waals surface area contributed by atoms with E-state index in [9.17, 15) is 9.59 Å². The van der Waals surface area contributed by atoms with E-state index in [4.69, 9.17) is 5.11 Å². The average molecular weight is 298 g/mol. The van der Waals surface area contributed by atoms with Gasteiger partial charge < -0.3 is 15.3 Å².